The fraction of sp³-hybridized carbons (Fsp3) is 0.455. The second-order valence-electron chi connectivity index (χ2n) is 3.30. The summed E-state index contributed by atoms with van der Waals surface area (Å²) in [6.45, 7) is 4.21. The number of methoxy groups -OCH3 is 1. The third kappa shape index (κ3) is 3.03. The van der Waals surface area contributed by atoms with E-state index in [0.29, 0.717) is 4.83 Å². The monoisotopic (exact) mass is 242 g/mol. The normalized spacial score (nSPS) is 12.6. The Bertz CT molecular complexity index is 281. The molecule has 1 unspecified atom stereocenters. The molecule has 0 aromatic heterocycles. The molecule has 0 fully saturated rings. The maximum atomic E-state index is 5.31. The van der Waals surface area contributed by atoms with E-state index >= 15 is 0 Å². The lowest BCUT2D eigenvalue weighted by Gasteiger charge is -2.10. The predicted molar refractivity (Wildman–Crippen MR) is 59.8 cm³/mol. The van der Waals surface area contributed by atoms with Gasteiger partial charge in [-0.1, -0.05) is 35.0 Å². The average molecular weight is 243 g/mol. The molecule has 0 amide bonds. The van der Waals surface area contributed by atoms with Crippen molar-refractivity contribution in [2.75, 3.05) is 7.11 Å². The number of rotatable bonds is 3. The average Bonchev–Trinajstić information content (AvgIpc) is 2.07. The molecule has 0 saturated carbocycles. The highest BCUT2D eigenvalue weighted by Crippen LogP contribution is 2.22. The van der Waals surface area contributed by atoms with Crippen molar-refractivity contribution >= 4 is 15.9 Å². The Balaban J connectivity index is 2.92. The van der Waals surface area contributed by atoms with E-state index in [1.54, 1.807) is 7.11 Å². The highest BCUT2D eigenvalue weighted by molar-refractivity contribution is 9.09. The molecule has 1 rings (SSSR count). The van der Waals surface area contributed by atoms with E-state index in [2.05, 4.69) is 48.0 Å². The molecule has 0 radical (unpaired) electrons. The number of hydrogen-bond donors (Lipinski definition) is 0. The van der Waals surface area contributed by atoms with Crippen molar-refractivity contribution in [3.63, 3.8) is 0 Å². The zero-order chi connectivity index (χ0) is 9.84. The summed E-state index contributed by atoms with van der Waals surface area (Å²) in [5, 5.41) is 0. The Morgan fingerprint density at radius 3 is 2.69 bits per heavy atom. The molecule has 0 bridgehead atoms. The number of hydrogen-bond acceptors (Lipinski definition) is 1. The first-order valence-electron chi connectivity index (χ1n) is 4.41. The molecule has 0 aliphatic heterocycles. The number of alkyl halides is 1. The third-order valence-corrected chi connectivity index (χ3v) is 2.27. The first-order chi connectivity index (χ1) is 6.13. The summed E-state index contributed by atoms with van der Waals surface area (Å²) in [6, 6.07) is 6.32. The van der Waals surface area contributed by atoms with Crippen molar-refractivity contribution in [2.45, 2.75) is 25.1 Å². The molecular formula is C11H15BrO. The van der Waals surface area contributed by atoms with E-state index < -0.39 is 0 Å². The van der Waals surface area contributed by atoms with Gasteiger partial charge in [0.2, 0.25) is 0 Å². The Morgan fingerprint density at radius 1 is 1.46 bits per heavy atom. The van der Waals surface area contributed by atoms with Gasteiger partial charge in [-0.25, -0.2) is 0 Å². The summed E-state index contributed by atoms with van der Waals surface area (Å²) < 4.78 is 5.31. The van der Waals surface area contributed by atoms with Gasteiger partial charge in [0.25, 0.3) is 0 Å². The molecule has 2 heteroatoms. The Kier molecular flexibility index (Phi) is 3.79. The van der Waals surface area contributed by atoms with Gasteiger partial charge in [-0.05, 0) is 30.5 Å². The van der Waals surface area contributed by atoms with Crippen LogP contribution in [-0.4, -0.2) is 11.9 Å². The number of halogens is 1. The third-order valence-electron chi connectivity index (χ3n) is 1.94. The van der Waals surface area contributed by atoms with Crippen molar-refractivity contribution < 1.29 is 4.74 Å². The molecule has 72 valence electrons. The summed E-state index contributed by atoms with van der Waals surface area (Å²) in [5.41, 5.74) is 2.50. The maximum absolute atomic E-state index is 5.31. The van der Waals surface area contributed by atoms with Gasteiger partial charge in [0.1, 0.15) is 5.75 Å². The molecule has 0 spiro atoms. The second-order valence-corrected chi connectivity index (χ2v) is 4.86. The van der Waals surface area contributed by atoms with E-state index in [-0.39, 0.29) is 0 Å². The minimum absolute atomic E-state index is 0.490. The smallest absolute Gasteiger partial charge is 0.122 e. The van der Waals surface area contributed by atoms with Crippen LogP contribution in [-0.2, 0) is 6.42 Å². The van der Waals surface area contributed by atoms with Crippen LogP contribution in [0.1, 0.15) is 18.1 Å². The fourth-order valence-electron chi connectivity index (χ4n) is 1.32. The first-order valence-corrected chi connectivity index (χ1v) is 5.32. The molecule has 0 aliphatic rings. The summed E-state index contributed by atoms with van der Waals surface area (Å²) in [5.74, 6) is 0.992. The molecule has 1 aromatic carbocycles. The Morgan fingerprint density at radius 2 is 2.15 bits per heavy atom. The van der Waals surface area contributed by atoms with E-state index in [9.17, 15) is 0 Å². The molecule has 13 heavy (non-hydrogen) atoms. The van der Waals surface area contributed by atoms with Gasteiger partial charge in [0, 0.05) is 4.83 Å². The standard InChI is InChI=1S/C11H15BrO/c1-8-4-5-10(7-9(2)12)11(6-8)13-3/h4-6,9H,7H2,1-3H3. The van der Waals surface area contributed by atoms with Gasteiger partial charge in [-0.15, -0.1) is 0 Å². The van der Waals surface area contributed by atoms with E-state index in [0.717, 1.165) is 12.2 Å². The van der Waals surface area contributed by atoms with E-state index in [1.807, 2.05) is 0 Å². The van der Waals surface area contributed by atoms with Crippen LogP contribution < -0.4 is 4.74 Å². The van der Waals surface area contributed by atoms with E-state index in [4.69, 9.17) is 4.74 Å². The van der Waals surface area contributed by atoms with Crippen molar-refractivity contribution in [3.8, 4) is 5.75 Å². The van der Waals surface area contributed by atoms with Crippen LogP contribution >= 0.6 is 15.9 Å². The maximum Gasteiger partial charge on any atom is 0.122 e. The van der Waals surface area contributed by atoms with Gasteiger partial charge in [0.15, 0.2) is 0 Å². The minimum Gasteiger partial charge on any atom is -0.496 e. The van der Waals surface area contributed by atoms with Crippen LogP contribution in [0.25, 0.3) is 0 Å². The second kappa shape index (κ2) is 4.66. The number of benzene rings is 1. The lowest BCUT2D eigenvalue weighted by molar-refractivity contribution is 0.409. The van der Waals surface area contributed by atoms with Crippen LogP contribution in [0.4, 0.5) is 0 Å². The molecular weight excluding hydrogens is 228 g/mol. The number of aryl methyl sites for hydroxylation is 1. The molecule has 0 saturated heterocycles. The minimum atomic E-state index is 0.490. The van der Waals surface area contributed by atoms with Crippen LogP contribution in [0.3, 0.4) is 0 Å². The Labute approximate surface area is 88.2 Å². The van der Waals surface area contributed by atoms with Gasteiger partial charge < -0.3 is 4.74 Å². The van der Waals surface area contributed by atoms with Crippen LogP contribution in [0.5, 0.6) is 5.75 Å². The molecule has 1 aromatic rings. The highest BCUT2D eigenvalue weighted by atomic mass is 79.9. The van der Waals surface area contributed by atoms with Crippen LogP contribution in [0.2, 0.25) is 0 Å². The lowest BCUT2D eigenvalue weighted by atomic mass is 10.1. The first kappa shape index (κ1) is 10.6. The summed E-state index contributed by atoms with van der Waals surface area (Å²) >= 11 is 3.54. The molecule has 1 nitrogen and oxygen atoms in total. The summed E-state index contributed by atoms with van der Waals surface area (Å²) in [7, 11) is 1.72. The molecule has 0 N–H and O–H groups in total. The topological polar surface area (TPSA) is 9.23 Å². The van der Waals surface area contributed by atoms with Crippen LogP contribution in [0.15, 0.2) is 18.2 Å². The van der Waals surface area contributed by atoms with Gasteiger partial charge in [-0.3, -0.25) is 0 Å². The van der Waals surface area contributed by atoms with Crippen LogP contribution in [0, 0.1) is 6.92 Å². The van der Waals surface area contributed by atoms with Crippen molar-refractivity contribution in [3.05, 3.63) is 29.3 Å². The van der Waals surface area contributed by atoms with Gasteiger partial charge in [0.05, 0.1) is 7.11 Å². The highest BCUT2D eigenvalue weighted by Gasteiger charge is 2.05. The molecule has 0 heterocycles. The predicted octanol–water partition coefficient (Wildman–Crippen LogP) is 3.33. The lowest BCUT2D eigenvalue weighted by Crippen LogP contribution is -1.99. The molecule has 1 atom stereocenters. The zero-order valence-electron chi connectivity index (χ0n) is 8.30. The van der Waals surface area contributed by atoms with Crippen molar-refractivity contribution in [2.24, 2.45) is 0 Å². The Hall–Kier alpha value is -0.500. The van der Waals surface area contributed by atoms with Gasteiger partial charge in [-0.2, -0.15) is 0 Å². The fourth-order valence-corrected chi connectivity index (χ4v) is 1.67. The quantitative estimate of drug-likeness (QED) is 0.740. The SMILES string of the molecule is COc1cc(C)ccc1CC(C)Br. The summed E-state index contributed by atoms with van der Waals surface area (Å²) in [4.78, 5) is 0.490. The zero-order valence-corrected chi connectivity index (χ0v) is 9.89. The summed E-state index contributed by atoms with van der Waals surface area (Å²) in [6.07, 6.45) is 1.00. The van der Waals surface area contributed by atoms with Crippen molar-refractivity contribution in [1.82, 2.24) is 0 Å². The van der Waals surface area contributed by atoms with E-state index in [1.165, 1.54) is 11.1 Å². The van der Waals surface area contributed by atoms with Gasteiger partial charge >= 0.3 is 0 Å². The number of ether oxygens (including phenoxy) is 1. The largest absolute Gasteiger partial charge is 0.496 e. The molecule has 0 aliphatic carbocycles. The van der Waals surface area contributed by atoms with Crippen molar-refractivity contribution in [1.29, 1.82) is 0 Å².